The van der Waals surface area contributed by atoms with E-state index in [0.29, 0.717) is 13.1 Å². The van der Waals surface area contributed by atoms with E-state index in [0.717, 1.165) is 0 Å². The molecule has 0 aromatic heterocycles. The zero-order valence-electron chi connectivity index (χ0n) is 7.04. The van der Waals surface area contributed by atoms with Gasteiger partial charge in [-0.15, -0.1) is 0 Å². The Kier molecular flexibility index (Phi) is 15.3. The number of rotatable bonds is 5. The summed E-state index contributed by atoms with van der Waals surface area (Å²) in [5, 5.41) is 2.69. The minimum atomic E-state index is -4.06. The quantitative estimate of drug-likeness (QED) is 0.264. The number of nitrogens with one attached hydrogen (secondary N) is 1. The molecule has 0 bridgehead atoms. The summed E-state index contributed by atoms with van der Waals surface area (Å²) in [6.45, 7) is 1.16. The largest absolute Gasteiger partial charge is 1.00 e. The van der Waals surface area contributed by atoms with Crippen molar-refractivity contribution in [2.24, 2.45) is 5.73 Å². The molecular weight excluding hydrogens is 195 g/mol. The van der Waals surface area contributed by atoms with E-state index in [1.165, 1.54) is 0 Å². The first-order chi connectivity index (χ1) is 4.56. The van der Waals surface area contributed by atoms with Crippen molar-refractivity contribution in [3.8, 4) is 0 Å². The second-order valence-corrected chi connectivity index (χ2v) is 3.32. The average molecular weight is 208 g/mol. The molecule has 70 valence electrons. The normalized spacial score (nSPS) is 9.83. The Morgan fingerprint density at radius 2 is 1.83 bits per heavy atom. The Hall–Kier alpha value is 0.790. The van der Waals surface area contributed by atoms with Crippen LogP contribution in [0.2, 0.25) is 0 Å². The summed E-state index contributed by atoms with van der Waals surface area (Å²) in [5.41, 5.74) is 5.09. The van der Waals surface area contributed by atoms with Crippen LogP contribution < -0.4 is 40.6 Å². The Morgan fingerprint density at radius 3 is 2.17 bits per heavy atom. The minimum absolute atomic E-state index is 0. The number of hydrogen-bond donors (Lipinski definition) is 2. The number of hydrogen-bond acceptors (Lipinski definition) is 5. The second-order valence-electron chi connectivity index (χ2n) is 1.80. The molecule has 5 N–H and O–H groups in total. The molecule has 0 atom stereocenters. The predicted molar refractivity (Wildman–Crippen MR) is 40.1 cm³/mol. The van der Waals surface area contributed by atoms with Crippen molar-refractivity contribution in [1.82, 2.24) is 5.32 Å². The monoisotopic (exact) mass is 208 g/mol. The smallest absolute Gasteiger partial charge is 0.748 e. The Balaban J connectivity index is -0.000000405. The Bertz CT molecular complexity index is 172. The van der Waals surface area contributed by atoms with E-state index in [-0.39, 0.29) is 47.3 Å². The summed E-state index contributed by atoms with van der Waals surface area (Å²) in [5.74, 6) is -0.368. The molecule has 8 heteroatoms. The topological polar surface area (TPSA) is 127 Å². The summed E-state index contributed by atoms with van der Waals surface area (Å²) in [6, 6.07) is 0. The van der Waals surface area contributed by atoms with Crippen molar-refractivity contribution < 1.29 is 48.0 Å². The van der Waals surface area contributed by atoms with Crippen LogP contribution in [0.3, 0.4) is 0 Å². The van der Waals surface area contributed by atoms with E-state index in [9.17, 15) is 13.0 Å². The molecule has 0 saturated carbocycles. The van der Waals surface area contributed by atoms with Gasteiger partial charge in [0.05, 0.1) is 15.9 Å². The van der Waals surface area contributed by atoms with Gasteiger partial charge in [0.2, 0.25) is 0 Å². The van der Waals surface area contributed by atoms with E-state index in [4.69, 9.17) is 5.73 Å². The van der Waals surface area contributed by atoms with Crippen LogP contribution in [0.1, 0.15) is 0 Å². The molecular formula is C4H13N2NaO4S. The molecule has 0 rings (SSSR count). The van der Waals surface area contributed by atoms with Crippen LogP contribution in [-0.2, 0) is 10.1 Å². The summed E-state index contributed by atoms with van der Waals surface area (Å²) in [6.07, 6.45) is 0. The maximum absolute atomic E-state index is 9.97. The van der Waals surface area contributed by atoms with Crippen LogP contribution in [-0.4, -0.2) is 43.8 Å². The van der Waals surface area contributed by atoms with Crippen LogP contribution in [0.4, 0.5) is 0 Å². The summed E-state index contributed by atoms with van der Waals surface area (Å²) in [4.78, 5) is 0. The van der Waals surface area contributed by atoms with Crippen molar-refractivity contribution in [2.45, 2.75) is 0 Å². The van der Waals surface area contributed by atoms with Gasteiger partial charge in [0.15, 0.2) is 0 Å². The van der Waals surface area contributed by atoms with Crippen LogP contribution in [0.5, 0.6) is 0 Å². The molecule has 0 unspecified atom stereocenters. The van der Waals surface area contributed by atoms with E-state index >= 15 is 0 Å². The third kappa shape index (κ3) is 17.0. The van der Waals surface area contributed by atoms with E-state index in [1.807, 2.05) is 0 Å². The van der Waals surface area contributed by atoms with Crippen molar-refractivity contribution >= 4 is 10.1 Å². The summed E-state index contributed by atoms with van der Waals surface area (Å²) in [7, 11) is -4.06. The van der Waals surface area contributed by atoms with Gasteiger partial charge in [-0.1, -0.05) is 0 Å². The fraction of sp³-hybridized carbons (Fsp3) is 1.00. The first-order valence-electron chi connectivity index (χ1n) is 2.90. The van der Waals surface area contributed by atoms with Gasteiger partial charge >= 0.3 is 29.6 Å². The van der Waals surface area contributed by atoms with Gasteiger partial charge in [-0.3, -0.25) is 0 Å². The molecule has 12 heavy (non-hydrogen) atoms. The maximum Gasteiger partial charge on any atom is 1.00 e. The van der Waals surface area contributed by atoms with Gasteiger partial charge in [0.1, 0.15) is 0 Å². The molecule has 0 heterocycles. The molecule has 0 saturated heterocycles. The minimum Gasteiger partial charge on any atom is -0.748 e. The van der Waals surface area contributed by atoms with E-state index < -0.39 is 10.1 Å². The molecule has 0 aromatic carbocycles. The fourth-order valence-corrected chi connectivity index (χ4v) is 0.819. The van der Waals surface area contributed by atoms with Gasteiger partial charge < -0.3 is 21.1 Å². The predicted octanol–water partition coefficient (Wildman–Crippen LogP) is -5.74. The molecule has 0 aliphatic carbocycles. The molecule has 6 nitrogen and oxygen atoms in total. The van der Waals surface area contributed by atoms with Crippen molar-refractivity contribution in [1.29, 1.82) is 0 Å². The van der Waals surface area contributed by atoms with E-state index in [2.05, 4.69) is 5.32 Å². The Morgan fingerprint density at radius 1 is 1.33 bits per heavy atom. The van der Waals surface area contributed by atoms with E-state index in [1.54, 1.807) is 0 Å². The zero-order chi connectivity index (χ0) is 8.04. The van der Waals surface area contributed by atoms with Gasteiger partial charge in [0, 0.05) is 19.6 Å². The second kappa shape index (κ2) is 9.87. The molecule has 0 aromatic rings. The van der Waals surface area contributed by atoms with Crippen LogP contribution in [0.15, 0.2) is 0 Å². The van der Waals surface area contributed by atoms with Crippen LogP contribution >= 0.6 is 0 Å². The molecule has 0 amide bonds. The molecule has 0 fully saturated rings. The van der Waals surface area contributed by atoms with Gasteiger partial charge in [-0.2, -0.15) is 0 Å². The fourth-order valence-electron chi connectivity index (χ4n) is 0.424. The molecule has 0 aliphatic heterocycles. The average Bonchev–Trinajstić information content (AvgIpc) is 1.78. The number of nitrogens with two attached hydrogens (primary N) is 1. The third-order valence-corrected chi connectivity index (χ3v) is 1.55. The third-order valence-electron chi connectivity index (χ3n) is 0.850. The molecule has 0 radical (unpaired) electrons. The zero-order valence-corrected chi connectivity index (χ0v) is 9.86. The maximum atomic E-state index is 9.97. The van der Waals surface area contributed by atoms with Gasteiger partial charge in [-0.25, -0.2) is 8.42 Å². The van der Waals surface area contributed by atoms with Crippen LogP contribution in [0.25, 0.3) is 0 Å². The van der Waals surface area contributed by atoms with Crippen molar-refractivity contribution in [3.63, 3.8) is 0 Å². The van der Waals surface area contributed by atoms with Crippen molar-refractivity contribution in [2.75, 3.05) is 25.4 Å². The van der Waals surface area contributed by atoms with Gasteiger partial charge in [-0.05, 0) is 0 Å². The Labute approximate surface area is 94.2 Å². The van der Waals surface area contributed by atoms with Crippen molar-refractivity contribution in [3.05, 3.63) is 0 Å². The molecule has 0 spiro atoms. The molecule has 0 aliphatic rings. The standard InChI is InChI=1S/C4H12N2O3S.Na.H2O/c5-1-2-6-3-4-10(7,8)9;;/h6H,1-5H2,(H,7,8,9);;1H2/q;+1;/p-1. The summed E-state index contributed by atoms with van der Waals surface area (Å²) < 4.78 is 29.9. The first-order valence-corrected chi connectivity index (χ1v) is 4.48. The van der Waals surface area contributed by atoms with Crippen LogP contribution in [0, 0.1) is 0 Å². The SMILES string of the molecule is NCCNCCS(=O)(=O)[O-].O.[Na+]. The van der Waals surface area contributed by atoms with Gasteiger partial charge in [0.25, 0.3) is 0 Å². The first kappa shape index (κ1) is 18.5. The summed E-state index contributed by atoms with van der Waals surface area (Å²) >= 11 is 0.